The normalized spacial score (nSPS) is 12.1. The molecule has 3 rings (SSSR count). The molecule has 134 valence electrons. The Morgan fingerprint density at radius 1 is 1.15 bits per heavy atom. The van der Waals surface area contributed by atoms with Gasteiger partial charge < -0.3 is 5.32 Å². The minimum absolute atomic E-state index is 0.00513. The van der Waals surface area contributed by atoms with Crippen LogP contribution in [0.4, 0.5) is 0 Å². The van der Waals surface area contributed by atoms with Gasteiger partial charge in [0.25, 0.3) is 5.56 Å². The topological polar surface area (TPSA) is 64.0 Å². The number of hydrogen-bond donors (Lipinski definition) is 1. The summed E-state index contributed by atoms with van der Waals surface area (Å²) in [6, 6.07) is 13.1. The lowest BCUT2D eigenvalue weighted by molar-refractivity contribution is -0.122. The molecule has 0 saturated heterocycles. The number of amides is 1. The molecule has 0 radical (unpaired) electrons. The molecule has 1 N–H and O–H groups in total. The average Bonchev–Trinajstić information content (AvgIpc) is 2.60. The van der Waals surface area contributed by atoms with Crippen molar-refractivity contribution in [2.45, 2.75) is 39.8 Å². The van der Waals surface area contributed by atoms with Crippen molar-refractivity contribution in [1.82, 2.24) is 14.9 Å². The molecule has 1 aromatic carbocycles. The second-order valence-electron chi connectivity index (χ2n) is 6.71. The van der Waals surface area contributed by atoms with Crippen LogP contribution in [0.15, 0.2) is 53.5 Å². The van der Waals surface area contributed by atoms with Crippen LogP contribution in [0.25, 0.3) is 10.9 Å². The van der Waals surface area contributed by atoms with Gasteiger partial charge in [0, 0.05) is 35.8 Å². The number of aryl methyl sites for hydroxylation is 2. The molecule has 0 spiro atoms. The van der Waals surface area contributed by atoms with Crippen molar-refractivity contribution in [3.63, 3.8) is 0 Å². The van der Waals surface area contributed by atoms with Gasteiger partial charge in [-0.2, -0.15) is 0 Å². The van der Waals surface area contributed by atoms with Crippen LogP contribution >= 0.6 is 0 Å². The van der Waals surface area contributed by atoms with Crippen molar-refractivity contribution >= 4 is 16.8 Å². The molecule has 0 bridgehead atoms. The second-order valence-corrected chi connectivity index (χ2v) is 6.71. The lowest BCUT2D eigenvalue weighted by Crippen LogP contribution is -2.38. The van der Waals surface area contributed by atoms with Crippen molar-refractivity contribution in [3.05, 3.63) is 75.8 Å². The maximum absolute atomic E-state index is 12.5. The average molecular weight is 349 g/mol. The predicted octanol–water partition coefficient (Wildman–Crippen LogP) is 2.76. The van der Waals surface area contributed by atoms with Crippen LogP contribution in [0.3, 0.4) is 0 Å². The van der Waals surface area contributed by atoms with Gasteiger partial charge in [-0.05, 0) is 44.0 Å². The van der Waals surface area contributed by atoms with E-state index in [0.29, 0.717) is 6.42 Å². The van der Waals surface area contributed by atoms with Crippen LogP contribution in [0.2, 0.25) is 0 Å². The number of carbonyl (C=O) groups is 1. The van der Waals surface area contributed by atoms with Gasteiger partial charge in [0.1, 0.15) is 6.54 Å². The number of rotatable bonds is 5. The fraction of sp³-hybridized carbons (Fsp3) is 0.286. The molecule has 2 aromatic heterocycles. The first-order valence-corrected chi connectivity index (χ1v) is 8.74. The standard InChI is InChI=1S/C21H23N3O2/c1-14-7-6-10-22-18(14)12-16(3)23-20(25)13-24-19-9-5-4-8-17(19)15(2)11-21(24)26/h4-11,16H,12-13H2,1-3H3,(H,23,25)/t16-/m0/s1. The Morgan fingerprint density at radius 2 is 1.92 bits per heavy atom. The number of pyridine rings is 2. The lowest BCUT2D eigenvalue weighted by atomic mass is 10.1. The van der Waals surface area contributed by atoms with Gasteiger partial charge >= 0.3 is 0 Å². The summed E-state index contributed by atoms with van der Waals surface area (Å²) < 4.78 is 1.52. The van der Waals surface area contributed by atoms with Gasteiger partial charge in [-0.15, -0.1) is 0 Å². The van der Waals surface area contributed by atoms with Crippen LogP contribution in [-0.2, 0) is 17.8 Å². The fourth-order valence-electron chi connectivity index (χ4n) is 3.20. The van der Waals surface area contributed by atoms with Gasteiger partial charge in [-0.25, -0.2) is 0 Å². The van der Waals surface area contributed by atoms with Gasteiger partial charge in [-0.1, -0.05) is 24.3 Å². The SMILES string of the molecule is Cc1cccnc1C[C@H](C)NC(=O)Cn1c(=O)cc(C)c2ccccc21. The van der Waals surface area contributed by atoms with Crippen molar-refractivity contribution in [2.24, 2.45) is 0 Å². The molecule has 0 saturated carbocycles. The number of hydrogen-bond acceptors (Lipinski definition) is 3. The number of benzene rings is 1. The maximum atomic E-state index is 12.5. The summed E-state index contributed by atoms with van der Waals surface area (Å²) in [5, 5.41) is 3.96. The van der Waals surface area contributed by atoms with Gasteiger partial charge in [0.2, 0.25) is 5.91 Å². The number of para-hydroxylation sites is 1. The van der Waals surface area contributed by atoms with E-state index >= 15 is 0 Å². The predicted molar refractivity (Wildman–Crippen MR) is 103 cm³/mol. The van der Waals surface area contributed by atoms with E-state index in [0.717, 1.165) is 27.7 Å². The van der Waals surface area contributed by atoms with Gasteiger partial charge in [0.05, 0.1) is 5.52 Å². The molecule has 0 aliphatic heterocycles. The quantitative estimate of drug-likeness (QED) is 0.770. The summed E-state index contributed by atoms with van der Waals surface area (Å²) in [6.07, 6.45) is 2.41. The maximum Gasteiger partial charge on any atom is 0.251 e. The van der Waals surface area contributed by atoms with E-state index in [1.807, 2.05) is 57.2 Å². The Bertz CT molecular complexity index is 1010. The lowest BCUT2D eigenvalue weighted by Gasteiger charge is -2.16. The molecule has 0 aliphatic carbocycles. The number of carbonyl (C=O) groups excluding carboxylic acids is 1. The van der Waals surface area contributed by atoms with Crippen molar-refractivity contribution in [1.29, 1.82) is 0 Å². The Hall–Kier alpha value is -2.95. The molecule has 2 heterocycles. The fourth-order valence-corrected chi connectivity index (χ4v) is 3.20. The summed E-state index contributed by atoms with van der Waals surface area (Å²) in [6.45, 7) is 5.87. The van der Waals surface area contributed by atoms with Gasteiger partial charge in [0.15, 0.2) is 0 Å². The highest BCUT2D eigenvalue weighted by Crippen LogP contribution is 2.15. The summed E-state index contributed by atoms with van der Waals surface area (Å²) in [5.41, 5.74) is 3.61. The monoisotopic (exact) mass is 349 g/mol. The summed E-state index contributed by atoms with van der Waals surface area (Å²) in [5.74, 6) is -0.179. The third kappa shape index (κ3) is 3.82. The van der Waals surface area contributed by atoms with Crippen LogP contribution in [0.1, 0.15) is 23.7 Å². The van der Waals surface area contributed by atoms with E-state index in [-0.39, 0.29) is 24.1 Å². The van der Waals surface area contributed by atoms with Crippen LogP contribution in [0.5, 0.6) is 0 Å². The van der Waals surface area contributed by atoms with E-state index in [1.165, 1.54) is 4.57 Å². The Kier molecular flexibility index (Phi) is 5.16. The zero-order valence-electron chi connectivity index (χ0n) is 15.3. The number of nitrogens with one attached hydrogen (secondary N) is 1. The van der Waals surface area contributed by atoms with E-state index < -0.39 is 0 Å². The smallest absolute Gasteiger partial charge is 0.251 e. The van der Waals surface area contributed by atoms with Crippen LogP contribution in [-0.4, -0.2) is 21.5 Å². The van der Waals surface area contributed by atoms with Crippen molar-refractivity contribution in [3.8, 4) is 0 Å². The van der Waals surface area contributed by atoms with E-state index in [1.54, 1.807) is 12.3 Å². The highest BCUT2D eigenvalue weighted by Gasteiger charge is 2.13. The molecular formula is C21H23N3O2. The molecule has 0 aliphatic rings. The Labute approximate surface area is 152 Å². The van der Waals surface area contributed by atoms with Crippen molar-refractivity contribution in [2.75, 3.05) is 0 Å². The number of fused-ring (bicyclic) bond motifs is 1. The molecule has 5 nitrogen and oxygen atoms in total. The summed E-state index contributed by atoms with van der Waals surface area (Å²) in [4.78, 5) is 29.2. The van der Waals surface area contributed by atoms with Gasteiger partial charge in [-0.3, -0.25) is 19.1 Å². The molecule has 1 amide bonds. The first-order valence-electron chi connectivity index (χ1n) is 8.74. The zero-order chi connectivity index (χ0) is 18.7. The largest absolute Gasteiger partial charge is 0.352 e. The summed E-state index contributed by atoms with van der Waals surface area (Å²) in [7, 11) is 0. The molecule has 0 fully saturated rings. The van der Waals surface area contributed by atoms with Crippen LogP contribution < -0.4 is 10.9 Å². The summed E-state index contributed by atoms with van der Waals surface area (Å²) >= 11 is 0. The second kappa shape index (κ2) is 7.52. The van der Waals surface area contributed by atoms with E-state index in [2.05, 4.69) is 10.3 Å². The van der Waals surface area contributed by atoms with Crippen molar-refractivity contribution < 1.29 is 4.79 Å². The van der Waals surface area contributed by atoms with E-state index in [4.69, 9.17) is 0 Å². The molecular weight excluding hydrogens is 326 g/mol. The first-order chi connectivity index (χ1) is 12.5. The van der Waals surface area contributed by atoms with E-state index in [9.17, 15) is 9.59 Å². The third-order valence-corrected chi connectivity index (χ3v) is 4.55. The third-order valence-electron chi connectivity index (χ3n) is 4.55. The Morgan fingerprint density at radius 3 is 2.69 bits per heavy atom. The molecule has 0 unspecified atom stereocenters. The Balaban J connectivity index is 1.75. The molecule has 3 aromatic rings. The molecule has 26 heavy (non-hydrogen) atoms. The minimum atomic E-state index is -0.179. The van der Waals surface area contributed by atoms with Crippen LogP contribution in [0, 0.1) is 13.8 Å². The number of nitrogens with zero attached hydrogens (tertiary/aromatic N) is 2. The minimum Gasteiger partial charge on any atom is -0.352 e. The first kappa shape index (κ1) is 17.9. The number of aromatic nitrogens is 2. The highest BCUT2D eigenvalue weighted by molar-refractivity contribution is 5.84. The zero-order valence-corrected chi connectivity index (χ0v) is 15.3. The molecule has 1 atom stereocenters. The highest BCUT2D eigenvalue weighted by atomic mass is 16.2. The molecule has 5 heteroatoms.